The fraction of sp³-hybridized carbons (Fsp3) is 0.316. The number of H-pyrrole nitrogens is 1. The Morgan fingerprint density at radius 2 is 2.07 bits per heavy atom. The van der Waals surface area contributed by atoms with Crippen LogP contribution in [0, 0.1) is 0 Å². The molecule has 1 aromatic heterocycles. The van der Waals surface area contributed by atoms with Gasteiger partial charge in [-0.15, -0.1) is 0 Å². The number of aldehydes is 2. The molecule has 0 fully saturated rings. The van der Waals surface area contributed by atoms with Crippen LogP contribution in [0.5, 0.6) is 0 Å². The van der Waals surface area contributed by atoms with Crippen molar-refractivity contribution in [3.63, 3.8) is 0 Å². The average Bonchev–Trinajstić information content (AvgIpc) is 2.75. The number of carbonyl (C=O) groups excluding carboxylic acids is 3. The summed E-state index contributed by atoms with van der Waals surface area (Å²) in [5, 5.41) is 12.0. The summed E-state index contributed by atoms with van der Waals surface area (Å²) in [6, 6.07) is 6.00. The first-order valence-corrected chi connectivity index (χ1v) is 9.44. The largest absolute Gasteiger partial charge is 0.383 e. The van der Waals surface area contributed by atoms with E-state index in [4.69, 9.17) is 5.73 Å². The smallest absolute Gasteiger partial charge is 0.277 e. The predicted octanol–water partition coefficient (Wildman–Crippen LogP) is -0.0534. The van der Waals surface area contributed by atoms with E-state index in [0.717, 1.165) is 5.69 Å². The minimum Gasteiger partial charge on any atom is -0.383 e. The zero-order valence-corrected chi connectivity index (χ0v) is 16.1. The fourth-order valence-electron chi connectivity index (χ4n) is 3.00. The molecular formula is C19H23N7O4. The van der Waals surface area contributed by atoms with E-state index in [1.54, 1.807) is 24.3 Å². The first-order chi connectivity index (χ1) is 14.5. The molecule has 2 aromatic rings. The molecule has 0 spiro atoms. The molecule has 1 aliphatic heterocycles. The van der Waals surface area contributed by atoms with Gasteiger partial charge in [0, 0.05) is 30.8 Å². The lowest BCUT2D eigenvalue weighted by atomic mass is 10.1. The Kier molecular flexibility index (Phi) is 6.63. The number of hydrogen-bond donors (Lipinski definition) is 6. The molecule has 2 heterocycles. The Morgan fingerprint density at radius 1 is 1.30 bits per heavy atom. The number of nitrogens with zero attached hydrogens (tertiary/aromatic N) is 1. The first kappa shape index (κ1) is 20.8. The van der Waals surface area contributed by atoms with Gasteiger partial charge in [0.25, 0.3) is 11.5 Å². The maximum atomic E-state index is 12.2. The number of aromatic amines is 1. The number of nitrogen functional groups attached to an aromatic ring is 1. The summed E-state index contributed by atoms with van der Waals surface area (Å²) in [4.78, 5) is 52.1. The zero-order chi connectivity index (χ0) is 21.5. The highest BCUT2D eigenvalue weighted by Crippen LogP contribution is 2.20. The molecule has 0 saturated heterocycles. The van der Waals surface area contributed by atoms with Crippen molar-refractivity contribution < 1.29 is 14.4 Å². The van der Waals surface area contributed by atoms with Gasteiger partial charge in [-0.1, -0.05) is 0 Å². The van der Waals surface area contributed by atoms with Gasteiger partial charge in [-0.3, -0.25) is 14.6 Å². The van der Waals surface area contributed by atoms with E-state index < -0.39 is 6.04 Å². The SMILES string of the molecule is Nc1nc2c(c(=O)[nH]1)NC(CNc1ccc(C(=O)NC(C=O)CCC=O)cc1)CN2. The summed E-state index contributed by atoms with van der Waals surface area (Å²) in [6.07, 6.45) is 1.81. The summed E-state index contributed by atoms with van der Waals surface area (Å²) in [6.45, 7) is 1.06. The highest BCUT2D eigenvalue weighted by atomic mass is 16.2. The summed E-state index contributed by atoms with van der Waals surface area (Å²) in [5.74, 6) is 0.0897. The third kappa shape index (κ3) is 5.13. The summed E-state index contributed by atoms with van der Waals surface area (Å²) < 4.78 is 0. The number of anilines is 4. The lowest BCUT2D eigenvalue weighted by Gasteiger charge is -2.27. The Balaban J connectivity index is 1.53. The third-order valence-corrected chi connectivity index (χ3v) is 4.58. The zero-order valence-electron chi connectivity index (χ0n) is 16.1. The van der Waals surface area contributed by atoms with Gasteiger partial charge in [-0.05, 0) is 30.7 Å². The van der Waals surface area contributed by atoms with E-state index in [-0.39, 0.29) is 36.3 Å². The number of rotatable bonds is 9. The predicted molar refractivity (Wildman–Crippen MR) is 113 cm³/mol. The van der Waals surface area contributed by atoms with E-state index in [2.05, 4.69) is 31.2 Å². The lowest BCUT2D eigenvalue weighted by Crippen LogP contribution is -2.41. The number of hydrogen-bond acceptors (Lipinski definition) is 9. The molecule has 2 atom stereocenters. The highest BCUT2D eigenvalue weighted by molar-refractivity contribution is 5.96. The maximum Gasteiger partial charge on any atom is 0.277 e. The van der Waals surface area contributed by atoms with Crippen LogP contribution in [0.15, 0.2) is 29.1 Å². The second-order valence-electron chi connectivity index (χ2n) is 6.82. The van der Waals surface area contributed by atoms with Crippen molar-refractivity contribution in [2.45, 2.75) is 24.9 Å². The molecule has 2 unspecified atom stereocenters. The Hall–Kier alpha value is -3.89. The van der Waals surface area contributed by atoms with Gasteiger partial charge in [-0.25, -0.2) is 0 Å². The molecule has 158 valence electrons. The number of aromatic nitrogens is 2. The highest BCUT2D eigenvalue weighted by Gasteiger charge is 2.21. The van der Waals surface area contributed by atoms with Crippen molar-refractivity contribution in [2.75, 3.05) is 34.8 Å². The van der Waals surface area contributed by atoms with Gasteiger partial charge in [0.15, 0.2) is 5.82 Å². The number of benzene rings is 1. The normalized spacial score (nSPS) is 15.7. The van der Waals surface area contributed by atoms with E-state index in [9.17, 15) is 19.2 Å². The number of fused-ring (bicyclic) bond motifs is 1. The number of nitrogens with one attached hydrogen (secondary N) is 5. The number of nitrogens with two attached hydrogens (primary N) is 1. The second-order valence-corrected chi connectivity index (χ2v) is 6.82. The molecule has 0 bridgehead atoms. The first-order valence-electron chi connectivity index (χ1n) is 9.44. The average molecular weight is 413 g/mol. The van der Waals surface area contributed by atoms with Crippen LogP contribution in [0.1, 0.15) is 23.2 Å². The van der Waals surface area contributed by atoms with Gasteiger partial charge in [0.05, 0.1) is 12.1 Å². The molecule has 11 heteroatoms. The van der Waals surface area contributed by atoms with Crippen molar-refractivity contribution in [1.82, 2.24) is 15.3 Å². The quantitative estimate of drug-likeness (QED) is 0.308. The van der Waals surface area contributed by atoms with Crippen LogP contribution in [-0.2, 0) is 9.59 Å². The molecule has 0 radical (unpaired) electrons. The Morgan fingerprint density at radius 3 is 2.77 bits per heavy atom. The van der Waals surface area contributed by atoms with Crippen molar-refractivity contribution in [2.24, 2.45) is 0 Å². The minimum absolute atomic E-state index is 0.0527. The molecule has 3 rings (SSSR count). The molecule has 11 nitrogen and oxygen atoms in total. The van der Waals surface area contributed by atoms with Gasteiger partial charge in [0.1, 0.15) is 18.3 Å². The van der Waals surface area contributed by atoms with Gasteiger partial charge >= 0.3 is 0 Å². The number of amides is 1. The van der Waals surface area contributed by atoms with Crippen LogP contribution in [0.3, 0.4) is 0 Å². The van der Waals surface area contributed by atoms with Crippen LogP contribution in [0.4, 0.5) is 23.1 Å². The van der Waals surface area contributed by atoms with Crippen molar-refractivity contribution in [3.8, 4) is 0 Å². The molecule has 30 heavy (non-hydrogen) atoms. The Bertz CT molecular complexity index is 974. The summed E-state index contributed by atoms with van der Waals surface area (Å²) in [5.41, 5.74) is 6.73. The lowest BCUT2D eigenvalue weighted by molar-refractivity contribution is -0.110. The van der Waals surface area contributed by atoms with Gasteiger partial charge in [-0.2, -0.15) is 4.98 Å². The molecular weight excluding hydrogens is 390 g/mol. The van der Waals surface area contributed by atoms with Crippen LogP contribution in [-0.4, -0.2) is 53.6 Å². The summed E-state index contributed by atoms with van der Waals surface area (Å²) >= 11 is 0. The maximum absolute atomic E-state index is 12.2. The topological polar surface area (TPSA) is 171 Å². The standard InChI is InChI=1S/C19H23N7O4/c20-19-25-16-15(18(30)26-19)23-14(9-22-16)8-21-12-5-3-11(4-6-12)17(29)24-13(10-28)2-1-7-27/h3-7,10,13-14,21,23H,1-2,8-9H2,(H,24,29)(H4,20,22,25,26,30). The molecule has 1 amide bonds. The van der Waals surface area contributed by atoms with Crippen LogP contribution in [0.2, 0.25) is 0 Å². The second kappa shape index (κ2) is 9.54. The monoisotopic (exact) mass is 413 g/mol. The van der Waals surface area contributed by atoms with E-state index >= 15 is 0 Å². The molecule has 0 saturated carbocycles. The van der Waals surface area contributed by atoms with Crippen LogP contribution in [0.25, 0.3) is 0 Å². The van der Waals surface area contributed by atoms with Crippen molar-refractivity contribution in [1.29, 1.82) is 0 Å². The fourth-order valence-corrected chi connectivity index (χ4v) is 3.00. The van der Waals surface area contributed by atoms with E-state index in [0.29, 0.717) is 42.7 Å². The molecule has 1 aliphatic rings. The van der Waals surface area contributed by atoms with Crippen molar-refractivity contribution >= 4 is 41.6 Å². The Labute approximate surface area is 171 Å². The van der Waals surface area contributed by atoms with E-state index in [1.807, 2.05) is 0 Å². The van der Waals surface area contributed by atoms with Gasteiger partial charge in [0.2, 0.25) is 5.95 Å². The number of carbonyl (C=O) groups is 3. The van der Waals surface area contributed by atoms with Crippen LogP contribution < -0.4 is 32.6 Å². The molecule has 0 aliphatic carbocycles. The van der Waals surface area contributed by atoms with Gasteiger partial charge < -0.3 is 36.6 Å². The summed E-state index contributed by atoms with van der Waals surface area (Å²) in [7, 11) is 0. The van der Waals surface area contributed by atoms with Crippen LogP contribution >= 0.6 is 0 Å². The third-order valence-electron chi connectivity index (χ3n) is 4.58. The van der Waals surface area contributed by atoms with E-state index in [1.165, 1.54) is 0 Å². The van der Waals surface area contributed by atoms with Crippen molar-refractivity contribution in [3.05, 3.63) is 40.2 Å². The molecule has 7 N–H and O–H groups in total. The molecule has 1 aromatic carbocycles. The minimum atomic E-state index is -0.693.